The lowest BCUT2D eigenvalue weighted by Crippen LogP contribution is -2.57. The van der Waals surface area contributed by atoms with Crippen molar-refractivity contribution in [3.05, 3.63) is 0 Å². The van der Waals surface area contributed by atoms with E-state index in [2.05, 4.69) is 12.2 Å². The summed E-state index contributed by atoms with van der Waals surface area (Å²) in [6.07, 6.45) is 3.03. The standard InChI is InChI=1S/C12H22N2O3S/c1-9-4-3-5-11(13-9)12(15)14-6-7-18(16,17)8-10(14)2/h9-11,13H,3-8H2,1-2H3. The predicted molar refractivity (Wildman–Crippen MR) is 70.1 cm³/mol. The minimum absolute atomic E-state index is 0.0731. The fourth-order valence-electron chi connectivity index (χ4n) is 2.86. The summed E-state index contributed by atoms with van der Waals surface area (Å²) in [5.41, 5.74) is 0. The number of carbonyl (C=O) groups is 1. The fraction of sp³-hybridized carbons (Fsp3) is 0.917. The van der Waals surface area contributed by atoms with Crippen LogP contribution in [0.2, 0.25) is 0 Å². The smallest absolute Gasteiger partial charge is 0.240 e. The molecule has 2 fully saturated rings. The van der Waals surface area contributed by atoms with Gasteiger partial charge in [0.05, 0.1) is 17.5 Å². The van der Waals surface area contributed by atoms with Crippen LogP contribution in [0.15, 0.2) is 0 Å². The summed E-state index contributed by atoms with van der Waals surface area (Å²) in [7, 11) is -2.95. The van der Waals surface area contributed by atoms with Gasteiger partial charge in [0.1, 0.15) is 0 Å². The van der Waals surface area contributed by atoms with E-state index in [0.717, 1.165) is 19.3 Å². The van der Waals surface area contributed by atoms with E-state index >= 15 is 0 Å². The van der Waals surface area contributed by atoms with Crippen LogP contribution in [-0.4, -0.2) is 55.4 Å². The number of nitrogens with zero attached hydrogens (tertiary/aromatic N) is 1. The van der Waals surface area contributed by atoms with Crippen molar-refractivity contribution in [2.45, 2.75) is 51.2 Å². The molecule has 2 aliphatic heterocycles. The number of nitrogens with one attached hydrogen (secondary N) is 1. The molecular weight excluding hydrogens is 252 g/mol. The highest BCUT2D eigenvalue weighted by atomic mass is 32.2. The highest BCUT2D eigenvalue weighted by Gasteiger charge is 2.35. The van der Waals surface area contributed by atoms with Gasteiger partial charge in [-0.2, -0.15) is 0 Å². The number of piperidine rings is 1. The summed E-state index contributed by atoms with van der Waals surface area (Å²) >= 11 is 0. The minimum atomic E-state index is -2.95. The van der Waals surface area contributed by atoms with Gasteiger partial charge in [0.25, 0.3) is 0 Å². The third kappa shape index (κ3) is 3.03. The van der Waals surface area contributed by atoms with Crippen molar-refractivity contribution in [1.82, 2.24) is 10.2 Å². The molecule has 0 aromatic carbocycles. The molecule has 5 nitrogen and oxygen atoms in total. The molecule has 1 amide bonds. The monoisotopic (exact) mass is 274 g/mol. The molecule has 0 aromatic rings. The molecule has 0 bridgehead atoms. The van der Waals surface area contributed by atoms with Crippen molar-refractivity contribution in [2.24, 2.45) is 0 Å². The van der Waals surface area contributed by atoms with Crippen LogP contribution >= 0.6 is 0 Å². The second-order valence-electron chi connectivity index (χ2n) is 5.55. The number of amides is 1. The predicted octanol–water partition coefficient (Wildman–Crippen LogP) is 0.163. The van der Waals surface area contributed by atoms with Crippen molar-refractivity contribution in [3.8, 4) is 0 Å². The van der Waals surface area contributed by atoms with Gasteiger partial charge >= 0.3 is 0 Å². The largest absolute Gasteiger partial charge is 0.337 e. The molecule has 2 saturated heterocycles. The Bertz CT molecular complexity index is 421. The molecule has 0 radical (unpaired) electrons. The molecule has 2 heterocycles. The quantitative estimate of drug-likeness (QED) is 0.740. The van der Waals surface area contributed by atoms with E-state index in [1.807, 2.05) is 6.92 Å². The molecule has 2 aliphatic rings. The molecule has 0 aliphatic carbocycles. The van der Waals surface area contributed by atoms with Crippen LogP contribution in [0.4, 0.5) is 0 Å². The summed E-state index contributed by atoms with van der Waals surface area (Å²) in [5, 5.41) is 3.31. The van der Waals surface area contributed by atoms with E-state index in [4.69, 9.17) is 0 Å². The Hall–Kier alpha value is -0.620. The zero-order chi connectivity index (χ0) is 13.3. The maximum Gasteiger partial charge on any atom is 0.240 e. The Morgan fingerprint density at radius 1 is 1.28 bits per heavy atom. The first-order chi connectivity index (χ1) is 8.39. The van der Waals surface area contributed by atoms with Crippen LogP contribution in [0, 0.1) is 0 Å². The number of sulfone groups is 1. The summed E-state index contributed by atoms with van der Waals surface area (Å²) in [5.74, 6) is 0.274. The van der Waals surface area contributed by atoms with Crippen LogP contribution < -0.4 is 5.32 Å². The number of rotatable bonds is 1. The zero-order valence-corrected chi connectivity index (χ0v) is 11.9. The average Bonchev–Trinajstić information content (AvgIpc) is 2.27. The SMILES string of the molecule is CC1CCCC(C(=O)N2CCS(=O)(=O)CC2C)N1. The van der Waals surface area contributed by atoms with Gasteiger partial charge in [0.2, 0.25) is 5.91 Å². The Kier molecular flexibility index (Phi) is 3.96. The Morgan fingerprint density at radius 2 is 2.00 bits per heavy atom. The summed E-state index contributed by atoms with van der Waals surface area (Å²) in [6, 6.07) is 0.0452. The molecule has 104 valence electrons. The van der Waals surface area contributed by atoms with Crippen molar-refractivity contribution >= 4 is 15.7 Å². The first-order valence-electron chi connectivity index (χ1n) is 6.66. The highest BCUT2D eigenvalue weighted by Crippen LogP contribution is 2.18. The Morgan fingerprint density at radius 3 is 2.61 bits per heavy atom. The summed E-state index contributed by atoms with van der Waals surface area (Å²) in [4.78, 5) is 14.1. The molecule has 3 unspecified atom stereocenters. The summed E-state index contributed by atoms with van der Waals surface area (Å²) < 4.78 is 23.0. The van der Waals surface area contributed by atoms with Crippen LogP contribution in [0.5, 0.6) is 0 Å². The fourth-order valence-corrected chi connectivity index (χ4v) is 4.42. The van der Waals surface area contributed by atoms with Gasteiger partial charge < -0.3 is 10.2 Å². The van der Waals surface area contributed by atoms with Gasteiger partial charge in [-0.25, -0.2) is 8.42 Å². The van der Waals surface area contributed by atoms with E-state index < -0.39 is 9.84 Å². The van der Waals surface area contributed by atoms with Gasteiger partial charge in [-0.05, 0) is 33.1 Å². The van der Waals surface area contributed by atoms with Crippen LogP contribution in [-0.2, 0) is 14.6 Å². The van der Waals surface area contributed by atoms with Crippen molar-refractivity contribution in [3.63, 3.8) is 0 Å². The third-order valence-corrected chi connectivity index (χ3v) is 5.66. The Labute approximate surface area is 109 Å². The Balaban J connectivity index is 2.01. The van der Waals surface area contributed by atoms with E-state index in [1.165, 1.54) is 0 Å². The lowest BCUT2D eigenvalue weighted by Gasteiger charge is -2.38. The normalized spacial score (nSPS) is 36.3. The topological polar surface area (TPSA) is 66.5 Å². The average molecular weight is 274 g/mol. The molecular formula is C12H22N2O3S. The molecule has 0 spiro atoms. The molecule has 6 heteroatoms. The maximum atomic E-state index is 12.4. The second-order valence-corrected chi connectivity index (χ2v) is 7.77. The van der Waals surface area contributed by atoms with Crippen molar-refractivity contribution in [2.75, 3.05) is 18.1 Å². The van der Waals surface area contributed by atoms with E-state index in [1.54, 1.807) is 4.90 Å². The second kappa shape index (κ2) is 5.17. The number of hydrogen-bond acceptors (Lipinski definition) is 4. The molecule has 1 N–H and O–H groups in total. The van der Waals surface area contributed by atoms with E-state index in [0.29, 0.717) is 12.6 Å². The van der Waals surface area contributed by atoms with E-state index in [9.17, 15) is 13.2 Å². The van der Waals surface area contributed by atoms with Gasteiger partial charge in [-0.15, -0.1) is 0 Å². The lowest BCUT2D eigenvalue weighted by atomic mass is 9.98. The number of carbonyl (C=O) groups excluding carboxylic acids is 1. The number of hydrogen-bond donors (Lipinski definition) is 1. The van der Waals surface area contributed by atoms with Gasteiger partial charge in [0, 0.05) is 18.6 Å². The first-order valence-corrected chi connectivity index (χ1v) is 8.48. The molecule has 18 heavy (non-hydrogen) atoms. The zero-order valence-electron chi connectivity index (χ0n) is 11.1. The minimum Gasteiger partial charge on any atom is -0.337 e. The van der Waals surface area contributed by atoms with Crippen LogP contribution in [0.1, 0.15) is 33.1 Å². The van der Waals surface area contributed by atoms with Gasteiger partial charge in [-0.1, -0.05) is 0 Å². The third-order valence-electron chi connectivity index (χ3n) is 3.87. The first kappa shape index (κ1) is 13.8. The molecule has 0 aromatic heterocycles. The molecule has 2 rings (SSSR count). The van der Waals surface area contributed by atoms with Crippen molar-refractivity contribution in [1.29, 1.82) is 0 Å². The van der Waals surface area contributed by atoms with Crippen LogP contribution in [0.25, 0.3) is 0 Å². The van der Waals surface area contributed by atoms with Gasteiger partial charge in [-0.3, -0.25) is 4.79 Å². The van der Waals surface area contributed by atoms with Crippen molar-refractivity contribution < 1.29 is 13.2 Å². The maximum absolute atomic E-state index is 12.4. The van der Waals surface area contributed by atoms with Crippen LogP contribution in [0.3, 0.4) is 0 Å². The highest BCUT2D eigenvalue weighted by molar-refractivity contribution is 7.91. The molecule has 0 saturated carbocycles. The van der Waals surface area contributed by atoms with Gasteiger partial charge in [0.15, 0.2) is 9.84 Å². The summed E-state index contributed by atoms with van der Waals surface area (Å²) in [6.45, 7) is 4.25. The van der Waals surface area contributed by atoms with E-state index in [-0.39, 0.29) is 29.5 Å². The molecule has 3 atom stereocenters. The lowest BCUT2D eigenvalue weighted by molar-refractivity contribution is -0.135.